The van der Waals surface area contributed by atoms with Crippen LogP contribution < -0.4 is 10.1 Å². The normalized spacial score (nSPS) is 16.7. The van der Waals surface area contributed by atoms with Crippen LogP contribution in [0.5, 0.6) is 5.75 Å². The molecule has 5 nitrogen and oxygen atoms in total. The Labute approximate surface area is 151 Å². The molecule has 0 saturated carbocycles. The summed E-state index contributed by atoms with van der Waals surface area (Å²) in [6.45, 7) is 1.16. The lowest BCUT2D eigenvalue weighted by molar-refractivity contribution is -0.124. The van der Waals surface area contributed by atoms with Crippen LogP contribution >= 0.6 is 11.3 Å². The van der Waals surface area contributed by atoms with Crippen LogP contribution in [0.4, 0.5) is 0 Å². The maximum Gasteiger partial charge on any atom is 0.264 e. The zero-order valence-corrected chi connectivity index (χ0v) is 15.1. The molecule has 1 N–H and O–H groups in total. The maximum atomic E-state index is 12.5. The van der Waals surface area contributed by atoms with E-state index < -0.39 is 0 Å². The first-order chi connectivity index (χ1) is 12.2. The minimum absolute atomic E-state index is 0.0441. The molecule has 1 saturated heterocycles. The van der Waals surface area contributed by atoms with Crippen LogP contribution in [0.25, 0.3) is 0 Å². The number of hydrogen-bond donors (Lipinski definition) is 1. The van der Waals surface area contributed by atoms with Crippen molar-refractivity contribution in [3.63, 3.8) is 0 Å². The fourth-order valence-corrected chi connectivity index (χ4v) is 3.85. The summed E-state index contributed by atoms with van der Waals surface area (Å²) >= 11 is 1.41. The van der Waals surface area contributed by atoms with Crippen LogP contribution in [-0.2, 0) is 11.2 Å². The first-order valence-corrected chi connectivity index (χ1v) is 9.32. The number of ether oxygens (including phenoxy) is 1. The van der Waals surface area contributed by atoms with Crippen molar-refractivity contribution in [2.75, 3.05) is 20.2 Å². The van der Waals surface area contributed by atoms with Crippen molar-refractivity contribution >= 4 is 23.2 Å². The van der Waals surface area contributed by atoms with Gasteiger partial charge in [-0.2, -0.15) is 0 Å². The molecule has 0 radical (unpaired) electrons. The first-order valence-electron chi connectivity index (χ1n) is 8.45. The van der Waals surface area contributed by atoms with Gasteiger partial charge in [-0.15, -0.1) is 11.3 Å². The Bertz CT molecular complexity index is 730. The Morgan fingerprint density at radius 3 is 2.88 bits per heavy atom. The topological polar surface area (TPSA) is 58.6 Å². The van der Waals surface area contributed by atoms with E-state index in [4.69, 9.17) is 4.74 Å². The molecule has 6 heteroatoms. The maximum absolute atomic E-state index is 12.5. The molecular weight excluding hydrogens is 336 g/mol. The number of hydrogen-bond acceptors (Lipinski definition) is 4. The second-order valence-electron chi connectivity index (χ2n) is 5.99. The van der Waals surface area contributed by atoms with Crippen LogP contribution in [0.15, 0.2) is 41.8 Å². The number of nitrogens with one attached hydrogen (secondary N) is 1. The molecule has 2 heterocycles. The van der Waals surface area contributed by atoms with E-state index in [2.05, 4.69) is 5.32 Å². The van der Waals surface area contributed by atoms with Crippen molar-refractivity contribution in [1.29, 1.82) is 0 Å². The molecule has 2 aromatic rings. The SMILES string of the molecule is COc1ccccc1CCNC(=O)C1CCCN1C(=O)c1cccs1. The number of carbonyl (C=O) groups is 2. The van der Waals surface area contributed by atoms with Gasteiger partial charge in [-0.05, 0) is 42.3 Å². The molecule has 0 spiro atoms. The van der Waals surface area contributed by atoms with Gasteiger partial charge in [0.2, 0.25) is 5.91 Å². The lowest BCUT2D eigenvalue weighted by Crippen LogP contribution is -2.46. The highest BCUT2D eigenvalue weighted by molar-refractivity contribution is 7.12. The summed E-state index contributed by atoms with van der Waals surface area (Å²) in [5, 5.41) is 4.85. The third-order valence-electron chi connectivity index (χ3n) is 4.43. The third-order valence-corrected chi connectivity index (χ3v) is 5.29. The van der Waals surface area contributed by atoms with E-state index in [9.17, 15) is 9.59 Å². The quantitative estimate of drug-likeness (QED) is 0.864. The molecule has 3 rings (SSSR count). The average molecular weight is 358 g/mol. The van der Waals surface area contributed by atoms with Crippen LogP contribution in [0.3, 0.4) is 0 Å². The van der Waals surface area contributed by atoms with E-state index in [0.29, 0.717) is 24.4 Å². The minimum atomic E-state index is -0.368. The van der Waals surface area contributed by atoms with Gasteiger partial charge in [-0.1, -0.05) is 24.3 Å². The number of carbonyl (C=O) groups excluding carboxylic acids is 2. The van der Waals surface area contributed by atoms with Gasteiger partial charge in [0.15, 0.2) is 0 Å². The summed E-state index contributed by atoms with van der Waals surface area (Å²) in [5.74, 6) is 0.710. The van der Waals surface area contributed by atoms with Crippen molar-refractivity contribution < 1.29 is 14.3 Å². The number of amides is 2. The lowest BCUT2D eigenvalue weighted by atomic mass is 10.1. The summed E-state index contributed by atoms with van der Waals surface area (Å²) in [5.41, 5.74) is 1.06. The summed E-state index contributed by atoms with van der Waals surface area (Å²) < 4.78 is 5.33. The fourth-order valence-electron chi connectivity index (χ4n) is 3.17. The second-order valence-corrected chi connectivity index (χ2v) is 6.93. The molecule has 25 heavy (non-hydrogen) atoms. The van der Waals surface area contributed by atoms with Gasteiger partial charge in [-0.3, -0.25) is 9.59 Å². The van der Waals surface area contributed by atoms with Crippen LogP contribution in [0.1, 0.15) is 28.1 Å². The van der Waals surface area contributed by atoms with Crippen LogP contribution in [-0.4, -0.2) is 43.0 Å². The van der Waals surface area contributed by atoms with Crippen LogP contribution in [0.2, 0.25) is 0 Å². The molecule has 0 aliphatic carbocycles. The molecular formula is C19H22N2O3S. The highest BCUT2D eigenvalue weighted by Gasteiger charge is 2.34. The Morgan fingerprint density at radius 1 is 1.28 bits per heavy atom. The molecule has 1 aromatic heterocycles. The Hall–Kier alpha value is -2.34. The van der Waals surface area contributed by atoms with Crippen molar-refractivity contribution in [2.24, 2.45) is 0 Å². The molecule has 2 amide bonds. The van der Waals surface area contributed by atoms with Gasteiger partial charge in [0.1, 0.15) is 11.8 Å². The minimum Gasteiger partial charge on any atom is -0.496 e. The number of rotatable bonds is 6. The lowest BCUT2D eigenvalue weighted by Gasteiger charge is -2.23. The van der Waals surface area contributed by atoms with Crippen LogP contribution in [0, 0.1) is 0 Å². The number of thiophene rings is 1. The molecule has 1 aliphatic rings. The molecule has 1 fully saturated rings. The van der Waals surface area contributed by atoms with Gasteiger partial charge in [0, 0.05) is 13.1 Å². The van der Waals surface area contributed by atoms with E-state index in [-0.39, 0.29) is 17.9 Å². The summed E-state index contributed by atoms with van der Waals surface area (Å²) in [6, 6.07) is 11.1. The van der Waals surface area contributed by atoms with Crippen molar-refractivity contribution in [1.82, 2.24) is 10.2 Å². The summed E-state index contributed by atoms with van der Waals surface area (Å²) in [4.78, 5) is 27.5. The van der Waals surface area contributed by atoms with Gasteiger partial charge in [-0.25, -0.2) is 0 Å². The molecule has 132 valence electrons. The number of likely N-dealkylation sites (tertiary alicyclic amines) is 1. The summed E-state index contributed by atoms with van der Waals surface area (Å²) in [7, 11) is 1.64. The Kier molecular flexibility index (Phi) is 5.71. The highest BCUT2D eigenvalue weighted by Crippen LogP contribution is 2.22. The average Bonchev–Trinajstić information content (AvgIpc) is 3.33. The Morgan fingerprint density at radius 2 is 2.12 bits per heavy atom. The van der Waals surface area contributed by atoms with E-state index >= 15 is 0 Å². The second kappa shape index (κ2) is 8.16. The smallest absolute Gasteiger partial charge is 0.264 e. The van der Waals surface area contributed by atoms with Gasteiger partial charge < -0.3 is 15.0 Å². The molecule has 1 atom stereocenters. The molecule has 0 bridgehead atoms. The van der Waals surface area contributed by atoms with Crippen molar-refractivity contribution in [3.8, 4) is 5.75 Å². The number of methoxy groups -OCH3 is 1. The number of para-hydroxylation sites is 1. The van der Waals surface area contributed by atoms with Gasteiger partial charge >= 0.3 is 0 Å². The number of benzene rings is 1. The summed E-state index contributed by atoms with van der Waals surface area (Å²) in [6.07, 6.45) is 2.28. The standard InChI is InChI=1S/C19H22N2O3S/c1-24-16-8-3-2-6-14(16)10-11-20-18(22)15-7-4-12-21(15)19(23)17-9-5-13-25-17/h2-3,5-6,8-9,13,15H,4,7,10-12H2,1H3,(H,20,22). The number of nitrogens with zero attached hydrogens (tertiary/aromatic N) is 1. The zero-order valence-electron chi connectivity index (χ0n) is 14.2. The van der Waals surface area contributed by atoms with Gasteiger partial charge in [0.05, 0.1) is 12.0 Å². The highest BCUT2D eigenvalue weighted by atomic mass is 32.1. The third kappa shape index (κ3) is 4.02. The first kappa shape index (κ1) is 17.5. The van der Waals surface area contributed by atoms with Crippen molar-refractivity contribution in [3.05, 3.63) is 52.2 Å². The monoisotopic (exact) mass is 358 g/mol. The van der Waals surface area contributed by atoms with E-state index in [1.807, 2.05) is 41.8 Å². The predicted octanol–water partition coefficient (Wildman–Crippen LogP) is 2.72. The van der Waals surface area contributed by atoms with Gasteiger partial charge in [0.25, 0.3) is 5.91 Å². The van der Waals surface area contributed by atoms with Crippen molar-refractivity contribution in [2.45, 2.75) is 25.3 Å². The largest absolute Gasteiger partial charge is 0.496 e. The van der Waals surface area contributed by atoms with E-state index in [1.54, 1.807) is 12.0 Å². The Balaban J connectivity index is 1.56. The zero-order chi connectivity index (χ0) is 17.6. The van der Waals surface area contributed by atoms with E-state index in [1.165, 1.54) is 11.3 Å². The predicted molar refractivity (Wildman–Crippen MR) is 98.1 cm³/mol. The fraction of sp³-hybridized carbons (Fsp3) is 0.368. The van der Waals surface area contributed by atoms with E-state index in [0.717, 1.165) is 24.2 Å². The molecule has 1 aromatic carbocycles. The molecule has 1 unspecified atom stereocenters. The molecule has 1 aliphatic heterocycles.